The molecule has 0 amide bonds. The van der Waals surface area contributed by atoms with Gasteiger partial charge in [-0.2, -0.15) is 5.10 Å². The SMILES string of the molecule is O=P([O-])([O-])C(O)C(c1nn(-c2ccc(F)cc2)cc1-c1ccc(Cl)cc1)P(=O)(O)O.[Na+].[Na+]. The van der Waals surface area contributed by atoms with Gasteiger partial charge in [-0.15, -0.1) is 0 Å². The average molecular weight is 521 g/mol. The van der Waals surface area contributed by atoms with E-state index in [1.165, 1.54) is 42.6 Å². The Kier molecular flexibility index (Phi) is 11.0. The van der Waals surface area contributed by atoms with Gasteiger partial charge >= 0.3 is 66.7 Å². The summed E-state index contributed by atoms with van der Waals surface area (Å²) in [7, 11) is -11.2. The van der Waals surface area contributed by atoms with Gasteiger partial charge in [0, 0.05) is 16.8 Å². The van der Waals surface area contributed by atoms with Crippen molar-refractivity contribution in [1.82, 2.24) is 9.78 Å². The van der Waals surface area contributed by atoms with Crippen LogP contribution in [0.5, 0.6) is 0 Å². The molecule has 0 aliphatic rings. The predicted octanol–water partition coefficient (Wildman–Crippen LogP) is -4.21. The van der Waals surface area contributed by atoms with Gasteiger partial charge < -0.3 is 29.2 Å². The number of benzene rings is 2. The quantitative estimate of drug-likeness (QED) is 0.218. The van der Waals surface area contributed by atoms with E-state index in [2.05, 4.69) is 5.10 Å². The summed E-state index contributed by atoms with van der Waals surface area (Å²) in [6.07, 6.45) is 1.31. The van der Waals surface area contributed by atoms with Crippen molar-refractivity contribution < 1.29 is 97.3 Å². The largest absolute Gasteiger partial charge is 1.00 e. The molecule has 160 valence electrons. The summed E-state index contributed by atoms with van der Waals surface area (Å²) in [6, 6.07) is 10.8. The summed E-state index contributed by atoms with van der Waals surface area (Å²) < 4.78 is 37.8. The van der Waals surface area contributed by atoms with Crippen LogP contribution in [-0.4, -0.2) is 30.5 Å². The number of aliphatic hydroxyl groups excluding tert-OH is 1. The summed E-state index contributed by atoms with van der Waals surface area (Å²) in [5.74, 6) is -3.47. The van der Waals surface area contributed by atoms with Crippen molar-refractivity contribution in [3.63, 3.8) is 0 Å². The molecule has 2 atom stereocenters. The first kappa shape index (κ1) is 30.2. The number of nitrogens with zero attached hydrogens (tertiary/aromatic N) is 2. The van der Waals surface area contributed by atoms with Gasteiger partial charge in [0.2, 0.25) is 0 Å². The molecule has 0 aliphatic heterocycles. The van der Waals surface area contributed by atoms with E-state index in [-0.39, 0.29) is 70.4 Å². The van der Waals surface area contributed by atoms with Crippen molar-refractivity contribution in [1.29, 1.82) is 0 Å². The molecule has 0 spiro atoms. The third-order valence-electron chi connectivity index (χ3n) is 4.24. The zero-order chi connectivity index (χ0) is 22.3. The van der Waals surface area contributed by atoms with E-state index in [1.54, 1.807) is 0 Å². The molecule has 3 N–H and O–H groups in total. The molecule has 3 aromatic rings. The summed E-state index contributed by atoms with van der Waals surface area (Å²) in [5, 5.41) is 14.3. The normalized spacial score (nSPS) is 13.6. The molecule has 0 aliphatic carbocycles. The predicted molar refractivity (Wildman–Crippen MR) is 102 cm³/mol. The van der Waals surface area contributed by atoms with Gasteiger partial charge in [0.05, 0.1) is 11.4 Å². The van der Waals surface area contributed by atoms with E-state index in [1.807, 2.05) is 0 Å². The summed E-state index contributed by atoms with van der Waals surface area (Å²) in [4.78, 5) is 42.2. The minimum Gasteiger partial charge on any atom is -0.809 e. The molecule has 0 saturated heterocycles. The van der Waals surface area contributed by atoms with Gasteiger partial charge in [0.25, 0.3) is 0 Å². The average Bonchev–Trinajstić information content (AvgIpc) is 3.05. The molecule has 32 heavy (non-hydrogen) atoms. The van der Waals surface area contributed by atoms with E-state index in [0.29, 0.717) is 10.6 Å². The Morgan fingerprint density at radius 2 is 1.53 bits per heavy atom. The minimum atomic E-state index is -5.82. The first-order valence-corrected chi connectivity index (χ1v) is 11.9. The Hall–Kier alpha value is 0.130. The standard InChI is InChI=1S/C17H16ClFN2O7P2.2Na/c18-11-3-1-10(2-4-11)14-9-21(13-7-5-12(19)6-8-13)20-15(14)16(29(23,24)25)17(22)30(26,27)28;;/h1-9,16-17,22H,(H2,23,24,25)(H2,26,27,28);;/q;2*+1/p-2. The zero-order valence-electron chi connectivity index (χ0n) is 16.9. The molecular weight excluding hydrogens is 507 g/mol. The number of aromatic nitrogens is 2. The Bertz CT molecular complexity index is 1150. The number of hydrogen-bond donors (Lipinski definition) is 3. The third kappa shape index (κ3) is 7.07. The Labute approximate surface area is 231 Å². The van der Waals surface area contributed by atoms with E-state index < -0.39 is 38.2 Å². The molecule has 0 radical (unpaired) electrons. The van der Waals surface area contributed by atoms with Crippen LogP contribution in [0, 0.1) is 5.82 Å². The Balaban J connectivity index is 0.00000256. The molecule has 0 fully saturated rings. The van der Waals surface area contributed by atoms with Crippen LogP contribution in [0.1, 0.15) is 11.4 Å². The fraction of sp³-hybridized carbons (Fsp3) is 0.118. The van der Waals surface area contributed by atoms with E-state index in [4.69, 9.17) is 11.6 Å². The van der Waals surface area contributed by atoms with Crippen LogP contribution in [0.2, 0.25) is 5.02 Å². The molecule has 0 bridgehead atoms. The van der Waals surface area contributed by atoms with Crippen molar-refractivity contribution >= 4 is 26.8 Å². The molecular formula is C17H14ClFN2Na2O7P2. The maximum Gasteiger partial charge on any atom is 1.00 e. The van der Waals surface area contributed by atoms with Crippen LogP contribution in [0.25, 0.3) is 16.8 Å². The molecule has 1 aromatic heterocycles. The van der Waals surface area contributed by atoms with E-state index in [9.17, 15) is 38.2 Å². The molecule has 9 nitrogen and oxygen atoms in total. The second kappa shape index (κ2) is 11.7. The van der Waals surface area contributed by atoms with E-state index in [0.717, 1.165) is 16.8 Å². The molecule has 0 saturated carbocycles. The van der Waals surface area contributed by atoms with Gasteiger partial charge in [-0.05, 0) is 49.6 Å². The summed E-state index contributed by atoms with van der Waals surface area (Å²) in [5.41, 5.74) is -2.30. The number of halogens is 2. The minimum absolute atomic E-state index is 0. The maximum atomic E-state index is 13.2. The van der Waals surface area contributed by atoms with Crippen molar-refractivity contribution in [2.24, 2.45) is 0 Å². The van der Waals surface area contributed by atoms with Gasteiger partial charge in [-0.25, -0.2) is 9.07 Å². The van der Waals surface area contributed by atoms with Gasteiger partial charge in [-0.1, -0.05) is 23.7 Å². The number of aliphatic hydroxyl groups is 1. The van der Waals surface area contributed by atoms with Crippen LogP contribution >= 0.6 is 26.8 Å². The van der Waals surface area contributed by atoms with Crippen LogP contribution in [0.15, 0.2) is 54.7 Å². The van der Waals surface area contributed by atoms with Crippen molar-refractivity contribution in [2.45, 2.75) is 11.5 Å². The summed E-state index contributed by atoms with van der Waals surface area (Å²) >= 11 is 5.86. The topological polar surface area (TPSA) is 159 Å². The fourth-order valence-electron chi connectivity index (χ4n) is 2.83. The van der Waals surface area contributed by atoms with Gasteiger partial charge in [0.15, 0.2) is 0 Å². The molecule has 15 heteroatoms. The van der Waals surface area contributed by atoms with Crippen LogP contribution in [-0.2, 0) is 9.13 Å². The van der Waals surface area contributed by atoms with Crippen LogP contribution in [0.4, 0.5) is 4.39 Å². The van der Waals surface area contributed by atoms with Crippen molar-refractivity contribution in [3.8, 4) is 16.8 Å². The first-order chi connectivity index (χ1) is 13.9. The van der Waals surface area contributed by atoms with Crippen molar-refractivity contribution in [2.75, 3.05) is 0 Å². The Morgan fingerprint density at radius 1 is 1.00 bits per heavy atom. The van der Waals surface area contributed by atoms with E-state index >= 15 is 0 Å². The second-order valence-corrected chi connectivity index (χ2v) is 10.1. The van der Waals surface area contributed by atoms with Gasteiger partial charge in [0.1, 0.15) is 17.3 Å². The molecule has 1 heterocycles. The first-order valence-electron chi connectivity index (χ1n) is 8.24. The fourth-order valence-corrected chi connectivity index (χ4v) is 5.31. The monoisotopic (exact) mass is 520 g/mol. The number of hydrogen-bond acceptors (Lipinski definition) is 6. The van der Waals surface area contributed by atoms with Crippen LogP contribution < -0.4 is 68.9 Å². The third-order valence-corrected chi connectivity index (χ3v) is 6.92. The smallest absolute Gasteiger partial charge is 0.809 e. The molecule has 2 unspecified atom stereocenters. The second-order valence-electron chi connectivity index (χ2n) is 6.34. The van der Waals surface area contributed by atoms with Crippen molar-refractivity contribution in [3.05, 3.63) is 71.3 Å². The molecule has 3 rings (SSSR count). The molecule has 2 aromatic carbocycles. The number of rotatable bonds is 6. The summed E-state index contributed by atoms with van der Waals surface area (Å²) in [6.45, 7) is 0. The zero-order valence-corrected chi connectivity index (χ0v) is 23.4. The Morgan fingerprint density at radius 3 is 2.00 bits per heavy atom. The van der Waals surface area contributed by atoms with Crippen LogP contribution in [0.3, 0.4) is 0 Å². The maximum absolute atomic E-state index is 13.2. The van der Waals surface area contributed by atoms with Gasteiger partial charge in [-0.3, -0.25) is 4.57 Å².